The summed E-state index contributed by atoms with van der Waals surface area (Å²) in [5.74, 6) is 4.06. The number of hydrogen-bond acceptors (Lipinski definition) is 3. The number of carboxylic acid groups (broad SMARTS) is 1. The van der Waals surface area contributed by atoms with Gasteiger partial charge in [-0.05, 0) is 146 Å². The Morgan fingerprint density at radius 3 is 2.21 bits per heavy atom. The van der Waals surface area contributed by atoms with E-state index >= 15 is 0 Å². The lowest BCUT2D eigenvalue weighted by molar-refractivity contribution is -0.0509. The topological polar surface area (TPSA) is 74.7 Å². The lowest BCUT2D eigenvalue weighted by Crippen LogP contribution is -2.52. The third kappa shape index (κ3) is 6.19. The number of anilines is 1. The highest BCUT2D eigenvalue weighted by Gasteiger charge is 2.59. The molecule has 6 rings (SSSR count). The van der Waals surface area contributed by atoms with Crippen molar-refractivity contribution < 1.29 is 22.7 Å². The van der Waals surface area contributed by atoms with E-state index in [1.54, 1.807) is 12.1 Å². The first-order valence-corrected chi connectivity index (χ1v) is 19.6. The summed E-state index contributed by atoms with van der Waals surface area (Å²) in [5.41, 5.74) is 2.45. The van der Waals surface area contributed by atoms with Crippen molar-refractivity contribution in [3.8, 4) is 0 Å². The van der Waals surface area contributed by atoms with Crippen molar-refractivity contribution in [2.45, 2.75) is 121 Å². The van der Waals surface area contributed by atoms with Gasteiger partial charge in [0.1, 0.15) is 5.82 Å². The van der Waals surface area contributed by atoms with Crippen LogP contribution in [0.25, 0.3) is 0 Å². The van der Waals surface area contributed by atoms with Crippen LogP contribution in [0.3, 0.4) is 0 Å². The van der Waals surface area contributed by atoms with Gasteiger partial charge in [-0.15, -0.1) is 0 Å². The van der Waals surface area contributed by atoms with Crippen LogP contribution in [0.1, 0.15) is 105 Å². The average Bonchev–Trinajstić information content (AvgIpc) is 3.39. The fraction of sp³-hybridized carbons (Fsp3) is 0.625. The first-order valence-electron chi connectivity index (χ1n) is 18.1. The maximum atomic E-state index is 13.4. The molecule has 5 nitrogen and oxygen atoms in total. The summed E-state index contributed by atoms with van der Waals surface area (Å²) in [5, 5.41) is 10.4. The number of nitrogens with zero attached hydrogens (tertiary/aromatic N) is 1. The molecule has 1 amide bonds. The number of benzene rings is 2. The van der Waals surface area contributed by atoms with Crippen LogP contribution in [0.2, 0.25) is 0 Å². The molecule has 0 aliphatic heterocycles. The molecule has 7 heteroatoms. The van der Waals surface area contributed by atoms with Gasteiger partial charge < -0.3 is 5.11 Å². The summed E-state index contributed by atoms with van der Waals surface area (Å²) < 4.78 is 39.6. The van der Waals surface area contributed by atoms with Crippen LogP contribution < -0.4 is 4.90 Å². The molecule has 0 aromatic heterocycles. The number of allylic oxidation sites excluding steroid dienone is 1. The number of halogens is 1. The maximum Gasteiger partial charge on any atom is 0.412 e. The number of sulfone groups is 1. The van der Waals surface area contributed by atoms with E-state index in [0.29, 0.717) is 17.0 Å². The van der Waals surface area contributed by atoms with E-state index < -0.39 is 21.7 Å². The van der Waals surface area contributed by atoms with Gasteiger partial charge in [-0.1, -0.05) is 65.5 Å². The fourth-order valence-electron chi connectivity index (χ4n) is 10.9. The van der Waals surface area contributed by atoms with Gasteiger partial charge in [0.05, 0.1) is 9.79 Å². The largest absolute Gasteiger partial charge is 0.465 e. The predicted molar refractivity (Wildman–Crippen MR) is 186 cm³/mol. The monoisotopic (exact) mass is 663 g/mol. The molecule has 256 valence electrons. The Bertz CT molecular complexity index is 1580. The second-order valence-electron chi connectivity index (χ2n) is 16.3. The Kier molecular flexibility index (Phi) is 9.45. The smallest absolute Gasteiger partial charge is 0.412 e. The van der Waals surface area contributed by atoms with Crippen LogP contribution in [0.4, 0.5) is 14.9 Å². The van der Waals surface area contributed by atoms with Crippen LogP contribution >= 0.6 is 0 Å². The highest BCUT2D eigenvalue weighted by atomic mass is 32.2. The molecule has 3 saturated carbocycles. The lowest BCUT2D eigenvalue weighted by atomic mass is 9.46. The number of carbonyl (C=O) groups is 1. The molecule has 0 heterocycles. The summed E-state index contributed by atoms with van der Waals surface area (Å²) in [6.45, 7) is 12.3. The summed E-state index contributed by atoms with van der Waals surface area (Å²) in [6.07, 6.45) is 14.4. The van der Waals surface area contributed by atoms with Crippen LogP contribution in [0, 0.1) is 52.2 Å². The summed E-state index contributed by atoms with van der Waals surface area (Å²) in [6, 6.07) is 10.6. The van der Waals surface area contributed by atoms with Crippen molar-refractivity contribution in [2.24, 2.45) is 46.3 Å². The molecule has 1 N–H and O–H groups in total. The Balaban J connectivity index is 1.17. The van der Waals surface area contributed by atoms with Crippen molar-refractivity contribution in [3.63, 3.8) is 0 Å². The summed E-state index contributed by atoms with van der Waals surface area (Å²) in [7, 11) is -3.85. The van der Waals surface area contributed by atoms with E-state index in [-0.39, 0.29) is 21.2 Å². The molecule has 2 aromatic rings. The standard InChI is InChI=1S/C40H54FNO4S/c1-26(2)7-6-8-27(3)35-19-20-36-34-18-9-28-25-31(21-23-39(28,4)37(34)22-24-40(35,36)5)42(38(43)44)30-12-16-33(17-13-30)47(45,46)32-14-10-29(41)11-15-32/h9-17,26-27,31,34-37H,6-8,18-25H2,1-5H3,(H,43,44)/t27-,31?,34+,35-,36+,37+,39+,40-/m1/s1. The minimum absolute atomic E-state index is 0.00292. The van der Waals surface area contributed by atoms with E-state index in [4.69, 9.17) is 0 Å². The lowest BCUT2D eigenvalue weighted by Gasteiger charge is -2.59. The second kappa shape index (κ2) is 13.0. The zero-order chi connectivity index (χ0) is 33.7. The minimum atomic E-state index is -3.85. The van der Waals surface area contributed by atoms with Gasteiger partial charge in [0.15, 0.2) is 0 Å². The molecular formula is C40H54FNO4S. The predicted octanol–water partition coefficient (Wildman–Crippen LogP) is 10.6. The van der Waals surface area contributed by atoms with Crippen molar-refractivity contribution in [3.05, 3.63) is 66.0 Å². The first-order chi connectivity index (χ1) is 22.3. The van der Waals surface area contributed by atoms with Crippen LogP contribution in [-0.2, 0) is 9.84 Å². The van der Waals surface area contributed by atoms with Gasteiger partial charge >= 0.3 is 6.09 Å². The Labute approximate surface area is 282 Å². The third-order valence-electron chi connectivity index (χ3n) is 13.4. The highest BCUT2D eigenvalue weighted by molar-refractivity contribution is 7.91. The quantitative estimate of drug-likeness (QED) is 0.214. The molecule has 0 saturated heterocycles. The average molecular weight is 664 g/mol. The molecule has 47 heavy (non-hydrogen) atoms. The number of amides is 1. The molecule has 8 atom stereocenters. The van der Waals surface area contributed by atoms with Gasteiger partial charge in [0.25, 0.3) is 0 Å². The van der Waals surface area contributed by atoms with Gasteiger partial charge in [0, 0.05) is 11.7 Å². The van der Waals surface area contributed by atoms with Gasteiger partial charge in [0.2, 0.25) is 9.84 Å². The normalized spacial score (nSPS) is 32.6. The molecular weight excluding hydrogens is 610 g/mol. The van der Waals surface area contributed by atoms with Crippen LogP contribution in [0.5, 0.6) is 0 Å². The number of rotatable bonds is 9. The second-order valence-corrected chi connectivity index (χ2v) is 18.2. The van der Waals surface area contributed by atoms with E-state index in [2.05, 4.69) is 40.7 Å². The number of fused-ring (bicyclic) bond motifs is 5. The maximum absolute atomic E-state index is 13.4. The third-order valence-corrected chi connectivity index (χ3v) is 15.2. The zero-order valence-electron chi connectivity index (χ0n) is 28.9. The van der Waals surface area contributed by atoms with Gasteiger partial charge in [-0.25, -0.2) is 17.6 Å². The Morgan fingerprint density at radius 1 is 0.915 bits per heavy atom. The zero-order valence-corrected chi connectivity index (χ0v) is 29.7. The van der Waals surface area contributed by atoms with Crippen molar-refractivity contribution in [2.75, 3.05) is 4.90 Å². The Hall–Kier alpha value is -2.67. The van der Waals surface area contributed by atoms with E-state index in [1.165, 1.54) is 79.7 Å². The minimum Gasteiger partial charge on any atom is -0.465 e. The molecule has 4 aliphatic carbocycles. The highest BCUT2D eigenvalue weighted by Crippen LogP contribution is 2.67. The van der Waals surface area contributed by atoms with Crippen molar-refractivity contribution >= 4 is 21.6 Å². The molecule has 0 bridgehead atoms. The molecule has 0 radical (unpaired) electrons. The van der Waals surface area contributed by atoms with Gasteiger partial charge in [-0.3, -0.25) is 4.90 Å². The SMILES string of the molecule is CC(C)CCC[C@@H](C)[C@H]1CC[C@H]2[C@@H]3CC=C4CC(N(C(=O)O)c5ccc(S(=O)(=O)c6ccc(F)cc6)cc5)CC[C@]4(C)[C@H]3CC[C@]12C. The van der Waals surface area contributed by atoms with Crippen LogP contribution in [-0.4, -0.2) is 25.7 Å². The molecule has 0 spiro atoms. The first kappa shape index (κ1) is 34.2. The van der Waals surface area contributed by atoms with Crippen molar-refractivity contribution in [1.29, 1.82) is 0 Å². The van der Waals surface area contributed by atoms with E-state index in [1.807, 2.05) is 0 Å². The molecule has 3 fully saturated rings. The van der Waals surface area contributed by atoms with E-state index in [9.17, 15) is 22.7 Å². The fourth-order valence-corrected chi connectivity index (χ4v) is 12.2. The van der Waals surface area contributed by atoms with Gasteiger partial charge in [-0.2, -0.15) is 0 Å². The van der Waals surface area contributed by atoms with Crippen LogP contribution in [0.15, 0.2) is 70.0 Å². The summed E-state index contributed by atoms with van der Waals surface area (Å²) in [4.78, 5) is 14.2. The Morgan fingerprint density at radius 2 is 1.57 bits per heavy atom. The summed E-state index contributed by atoms with van der Waals surface area (Å²) >= 11 is 0. The number of hydrogen-bond donors (Lipinski definition) is 1. The van der Waals surface area contributed by atoms with Crippen molar-refractivity contribution in [1.82, 2.24) is 0 Å². The molecule has 4 aliphatic rings. The van der Waals surface area contributed by atoms with E-state index in [0.717, 1.165) is 67.4 Å². The molecule has 2 aromatic carbocycles. The molecule has 1 unspecified atom stereocenters.